The topological polar surface area (TPSA) is 97.0 Å². The summed E-state index contributed by atoms with van der Waals surface area (Å²) in [5.74, 6) is 1.06. The van der Waals surface area contributed by atoms with Crippen LogP contribution in [0.2, 0.25) is 0 Å². The number of imidazole rings is 1. The molecule has 0 saturated heterocycles. The van der Waals surface area contributed by atoms with Crippen molar-refractivity contribution >= 4 is 11.2 Å². The van der Waals surface area contributed by atoms with Crippen molar-refractivity contribution in [3.05, 3.63) is 18.0 Å². The van der Waals surface area contributed by atoms with E-state index < -0.39 is 6.04 Å². The summed E-state index contributed by atoms with van der Waals surface area (Å²) in [5, 5.41) is 8.92. The average Bonchev–Trinajstić information content (AvgIpc) is 2.71. The Bertz CT molecular complexity index is 483. The van der Waals surface area contributed by atoms with Crippen LogP contribution in [0.15, 0.2) is 12.1 Å². The van der Waals surface area contributed by atoms with Gasteiger partial charge in [0.25, 0.3) is 0 Å². The average molecular weight is 222 g/mol. The van der Waals surface area contributed by atoms with Crippen molar-refractivity contribution in [1.82, 2.24) is 15.0 Å². The summed E-state index contributed by atoms with van der Waals surface area (Å²) in [7, 11) is 0. The Hall–Kier alpha value is -1.66. The summed E-state index contributed by atoms with van der Waals surface area (Å²) in [5.41, 5.74) is 6.98. The van der Waals surface area contributed by atoms with Crippen molar-refractivity contribution in [3.8, 4) is 5.88 Å². The normalized spacial score (nSPS) is 12.9. The first-order valence-electron chi connectivity index (χ1n) is 5.10. The second-order valence-electron chi connectivity index (χ2n) is 3.36. The van der Waals surface area contributed by atoms with Gasteiger partial charge in [-0.05, 0) is 13.0 Å². The van der Waals surface area contributed by atoms with Crippen LogP contribution < -0.4 is 10.5 Å². The number of nitrogens with two attached hydrogens (primary N) is 1. The Morgan fingerprint density at radius 1 is 1.50 bits per heavy atom. The van der Waals surface area contributed by atoms with Gasteiger partial charge in [-0.15, -0.1) is 0 Å². The molecule has 0 aliphatic carbocycles. The fourth-order valence-electron chi connectivity index (χ4n) is 1.38. The minimum atomic E-state index is -0.509. The number of hydrogen-bond acceptors (Lipinski definition) is 5. The highest BCUT2D eigenvalue weighted by atomic mass is 16.5. The lowest BCUT2D eigenvalue weighted by molar-refractivity contribution is 0.264. The highest BCUT2D eigenvalue weighted by Gasteiger charge is 2.11. The summed E-state index contributed by atoms with van der Waals surface area (Å²) >= 11 is 0. The van der Waals surface area contributed by atoms with E-state index in [1.165, 1.54) is 0 Å². The van der Waals surface area contributed by atoms with E-state index in [1.807, 2.05) is 13.0 Å². The molecule has 86 valence electrons. The largest absolute Gasteiger partial charge is 0.478 e. The van der Waals surface area contributed by atoms with Gasteiger partial charge in [0.05, 0.1) is 24.8 Å². The molecule has 0 aromatic carbocycles. The summed E-state index contributed by atoms with van der Waals surface area (Å²) in [6.45, 7) is 2.30. The third kappa shape index (κ3) is 1.98. The van der Waals surface area contributed by atoms with E-state index in [1.54, 1.807) is 6.07 Å². The molecule has 0 spiro atoms. The highest BCUT2D eigenvalue weighted by Crippen LogP contribution is 2.16. The predicted octanol–water partition coefficient (Wildman–Crippen LogP) is 0.349. The van der Waals surface area contributed by atoms with Gasteiger partial charge in [0.1, 0.15) is 5.82 Å². The number of aliphatic hydroxyl groups is 1. The molecule has 0 bridgehead atoms. The maximum absolute atomic E-state index is 8.92. The van der Waals surface area contributed by atoms with Gasteiger partial charge in [-0.1, -0.05) is 0 Å². The van der Waals surface area contributed by atoms with Crippen molar-refractivity contribution < 1.29 is 9.84 Å². The first kappa shape index (κ1) is 10.8. The molecule has 4 N–H and O–H groups in total. The standard InChI is InChI=1S/C10H14N4O2/c1-2-16-8-4-3-7-10(13-8)14-9(12-7)6(11)5-15/h3-4,6,15H,2,5,11H2,1H3,(H,12,13,14). The lowest BCUT2D eigenvalue weighted by Gasteiger charge is -2.01. The van der Waals surface area contributed by atoms with Gasteiger partial charge in [-0.2, -0.15) is 4.98 Å². The van der Waals surface area contributed by atoms with E-state index in [4.69, 9.17) is 15.6 Å². The van der Waals surface area contributed by atoms with Gasteiger partial charge in [0, 0.05) is 6.07 Å². The van der Waals surface area contributed by atoms with Crippen LogP contribution in [0, 0.1) is 0 Å². The molecule has 2 rings (SSSR count). The number of hydrogen-bond donors (Lipinski definition) is 3. The number of aromatic amines is 1. The number of fused-ring (bicyclic) bond motifs is 1. The highest BCUT2D eigenvalue weighted by molar-refractivity contribution is 5.71. The number of pyridine rings is 1. The van der Waals surface area contributed by atoms with Gasteiger partial charge in [0.2, 0.25) is 5.88 Å². The van der Waals surface area contributed by atoms with Crippen LogP contribution in [0.5, 0.6) is 5.88 Å². The molecule has 16 heavy (non-hydrogen) atoms. The summed E-state index contributed by atoms with van der Waals surface area (Å²) in [6.07, 6.45) is 0. The summed E-state index contributed by atoms with van der Waals surface area (Å²) in [4.78, 5) is 11.4. The van der Waals surface area contributed by atoms with Crippen molar-refractivity contribution in [2.24, 2.45) is 5.73 Å². The van der Waals surface area contributed by atoms with Gasteiger partial charge in [-0.3, -0.25) is 0 Å². The first-order valence-corrected chi connectivity index (χ1v) is 5.10. The SMILES string of the molecule is CCOc1ccc2[nH]c(C(N)CO)nc2n1. The Balaban J connectivity index is 2.38. The Morgan fingerprint density at radius 2 is 2.31 bits per heavy atom. The Labute approximate surface area is 92.5 Å². The molecule has 6 heteroatoms. The molecular formula is C10H14N4O2. The first-order chi connectivity index (χ1) is 7.74. The van der Waals surface area contributed by atoms with E-state index in [9.17, 15) is 0 Å². The minimum Gasteiger partial charge on any atom is -0.478 e. The Kier molecular flexibility index (Phi) is 3.02. The van der Waals surface area contributed by atoms with E-state index in [0.29, 0.717) is 24.0 Å². The maximum atomic E-state index is 8.92. The van der Waals surface area contributed by atoms with E-state index in [-0.39, 0.29) is 6.61 Å². The fraction of sp³-hybridized carbons (Fsp3) is 0.400. The van der Waals surface area contributed by atoms with Gasteiger partial charge < -0.3 is 20.6 Å². The van der Waals surface area contributed by atoms with E-state index >= 15 is 0 Å². The molecular weight excluding hydrogens is 208 g/mol. The minimum absolute atomic E-state index is 0.155. The van der Waals surface area contributed by atoms with Gasteiger partial charge in [0.15, 0.2) is 5.65 Å². The molecule has 6 nitrogen and oxygen atoms in total. The smallest absolute Gasteiger partial charge is 0.215 e. The lowest BCUT2D eigenvalue weighted by atomic mass is 10.3. The molecule has 0 amide bonds. The van der Waals surface area contributed by atoms with Crippen molar-refractivity contribution in [1.29, 1.82) is 0 Å². The molecule has 2 aromatic rings. The zero-order valence-electron chi connectivity index (χ0n) is 8.97. The lowest BCUT2D eigenvalue weighted by Crippen LogP contribution is -2.15. The quantitative estimate of drug-likeness (QED) is 0.693. The van der Waals surface area contributed by atoms with Gasteiger partial charge in [-0.25, -0.2) is 4.98 Å². The van der Waals surface area contributed by atoms with Crippen LogP contribution in [0.25, 0.3) is 11.2 Å². The van der Waals surface area contributed by atoms with Crippen LogP contribution in [0.1, 0.15) is 18.8 Å². The number of aromatic nitrogens is 3. The molecule has 0 aliphatic rings. The van der Waals surface area contributed by atoms with Crippen LogP contribution in [-0.2, 0) is 0 Å². The zero-order valence-corrected chi connectivity index (χ0v) is 8.97. The van der Waals surface area contributed by atoms with Crippen LogP contribution in [0.4, 0.5) is 0 Å². The number of aliphatic hydroxyl groups excluding tert-OH is 1. The number of nitrogens with one attached hydrogen (secondary N) is 1. The molecule has 0 aliphatic heterocycles. The number of ether oxygens (including phenoxy) is 1. The second kappa shape index (κ2) is 4.46. The van der Waals surface area contributed by atoms with Crippen molar-refractivity contribution in [3.63, 3.8) is 0 Å². The van der Waals surface area contributed by atoms with Crippen molar-refractivity contribution in [2.45, 2.75) is 13.0 Å². The molecule has 0 radical (unpaired) electrons. The molecule has 2 aromatic heterocycles. The third-order valence-electron chi connectivity index (χ3n) is 2.18. The molecule has 2 heterocycles. The van der Waals surface area contributed by atoms with Crippen LogP contribution in [0.3, 0.4) is 0 Å². The fourth-order valence-corrected chi connectivity index (χ4v) is 1.38. The van der Waals surface area contributed by atoms with Crippen LogP contribution >= 0.6 is 0 Å². The predicted molar refractivity (Wildman–Crippen MR) is 59.1 cm³/mol. The molecule has 0 fully saturated rings. The van der Waals surface area contributed by atoms with E-state index in [2.05, 4.69) is 15.0 Å². The summed E-state index contributed by atoms with van der Waals surface area (Å²) < 4.78 is 5.26. The van der Waals surface area contributed by atoms with E-state index in [0.717, 1.165) is 5.52 Å². The maximum Gasteiger partial charge on any atom is 0.215 e. The molecule has 1 unspecified atom stereocenters. The number of H-pyrrole nitrogens is 1. The number of rotatable bonds is 4. The molecule has 1 atom stereocenters. The molecule has 0 saturated carbocycles. The van der Waals surface area contributed by atoms with Crippen molar-refractivity contribution in [2.75, 3.05) is 13.2 Å². The monoisotopic (exact) mass is 222 g/mol. The zero-order chi connectivity index (χ0) is 11.5. The third-order valence-corrected chi connectivity index (χ3v) is 2.18. The summed E-state index contributed by atoms with van der Waals surface area (Å²) in [6, 6.07) is 3.08. The van der Waals surface area contributed by atoms with Gasteiger partial charge >= 0.3 is 0 Å². The Morgan fingerprint density at radius 3 is 3.00 bits per heavy atom. The van der Waals surface area contributed by atoms with Crippen LogP contribution in [-0.4, -0.2) is 33.3 Å². The second-order valence-corrected chi connectivity index (χ2v) is 3.36. The number of nitrogens with zero attached hydrogens (tertiary/aromatic N) is 2.